The Labute approximate surface area is 199 Å². The first-order valence-corrected chi connectivity index (χ1v) is 11.9. The molecule has 6 heteroatoms. The number of para-hydroxylation sites is 1. The number of pyridine rings is 1. The summed E-state index contributed by atoms with van der Waals surface area (Å²) in [6, 6.07) is 18.2. The summed E-state index contributed by atoms with van der Waals surface area (Å²) in [4.78, 5) is 18.8. The molecule has 3 heterocycles. The lowest BCUT2D eigenvalue weighted by Crippen LogP contribution is -2.43. The summed E-state index contributed by atoms with van der Waals surface area (Å²) in [5, 5.41) is 12.1. The molecule has 0 aliphatic carbocycles. The molecule has 2 aromatic carbocycles. The van der Waals surface area contributed by atoms with Crippen LogP contribution >= 0.6 is 0 Å². The number of rotatable bonds is 8. The highest BCUT2D eigenvalue weighted by molar-refractivity contribution is 5.83. The highest BCUT2D eigenvalue weighted by Gasteiger charge is 2.34. The first kappa shape index (κ1) is 22.4. The fourth-order valence-corrected chi connectivity index (χ4v) is 5.25. The van der Waals surface area contributed by atoms with Crippen LogP contribution in [0.1, 0.15) is 30.6 Å². The number of furan rings is 1. The van der Waals surface area contributed by atoms with Gasteiger partial charge in [0, 0.05) is 17.3 Å². The number of methoxy groups -OCH3 is 1. The normalized spacial score (nSPS) is 19.0. The lowest BCUT2D eigenvalue weighted by Gasteiger charge is -2.36. The monoisotopic (exact) mass is 458 g/mol. The molecule has 0 amide bonds. The molecule has 6 nitrogen and oxygen atoms in total. The van der Waals surface area contributed by atoms with Gasteiger partial charge in [0.05, 0.1) is 31.3 Å². The number of hydrogen-bond acceptors (Lipinski definition) is 5. The summed E-state index contributed by atoms with van der Waals surface area (Å²) in [5.74, 6) is 0.782. The van der Waals surface area contributed by atoms with E-state index < -0.39 is 5.97 Å². The zero-order chi connectivity index (χ0) is 23.5. The van der Waals surface area contributed by atoms with E-state index >= 15 is 0 Å². The van der Waals surface area contributed by atoms with Gasteiger partial charge in [-0.2, -0.15) is 0 Å². The molecular formula is C28H30N2O4. The molecule has 2 atom stereocenters. The molecule has 1 saturated heterocycles. The van der Waals surface area contributed by atoms with E-state index in [-0.39, 0.29) is 11.8 Å². The van der Waals surface area contributed by atoms with Crippen molar-refractivity contribution in [3.8, 4) is 5.75 Å². The number of piperidine rings is 1. The molecule has 34 heavy (non-hydrogen) atoms. The first-order valence-electron chi connectivity index (χ1n) is 11.9. The second kappa shape index (κ2) is 9.85. The van der Waals surface area contributed by atoms with E-state index in [9.17, 15) is 9.90 Å². The standard InChI is InChI=1S/C28H30N2O4/c1-33-22-15-24-19(9-5-10-26(24)29-16-22)7-4-8-20-12-13-30(18-25(20)28(31)32)17-23-14-21-6-2-3-11-27(21)34-23/h2-3,5-6,9-11,14-16,20,25H,4,7-8,12-13,17-18H2,1H3,(H,31,32)/t20-,25-/m0/s1. The number of nitrogens with zero attached hydrogens (tertiary/aromatic N) is 2. The van der Waals surface area contributed by atoms with Crippen LogP contribution in [0.5, 0.6) is 5.75 Å². The van der Waals surface area contributed by atoms with Crippen LogP contribution < -0.4 is 4.74 Å². The van der Waals surface area contributed by atoms with Crippen molar-refractivity contribution in [3.63, 3.8) is 0 Å². The number of carboxylic acid groups (broad SMARTS) is 1. The largest absolute Gasteiger partial charge is 0.495 e. The van der Waals surface area contributed by atoms with Crippen molar-refractivity contribution in [1.29, 1.82) is 0 Å². The Morgan fingerprint density at radius 1 is 1.21 bits per heavy atom. The fourth-order valence-electron chi connectivity index (χ4n) is 5.25. The van der Waals surface area contributed by atoms with E-state index in [2.05, 4.69) is 22.0 Å². The van der Waals surface area contributed by atoms with E-state index in [4.69, 9.17) is 9.15 Å². The number of fused-ring (bicyclic) bond motifs is 2. The molecule has 0 radical (unpaired) electrons. The third-order valence-corrected chi connectivity index (χ3v) is 7.06. The molecule has 0 saturated carbocycles. The van der Waals surface area contributed by atoms with Crippen molar-refractivity contribution in [2.45, 2.75) is 32.2 Å². The highest BCUT2D eigenvalue weighted by Crippen LogP contribution is 2.31. The maximum absolute atomic E-state index is 12.1. The predicted molar refractivity (Wildman–Crippen MR) is 132 cm³/mol. The van der Waals surface area contributed by atoms with Crippen LogP contribution in [0.15, 0.2) is 65.2 Å². The summed E-state index contributed by atoms with van der Waals surface area (Å²) < 4.78 is 11.3. The van der Waals surface area contributed by atoms with Gasteiger partial charge in [-0.15, -0.1) is 0 Å². The summed E-state index contributed by atoms with van der Waals surface area (Å²) in [6.45, 7) is 2.10. The SMILES string of the molecule is COc1cnc2cccc(CCC[C@H]3CCN(Cc4cc5ccccc5o4)C[C@@H]3C(=O)O)c2c1. The van der Waals surface area contributed by atoms with E-state index in [0.29, 0.717) is 13.1 Å². The van der Waals surface area contributed by atoms with Gasteiger partial charge in [0.25, 0.3) is 0 Å². The quantitative estimate of drug-likeness (QED) is 0.374. The van der Waals surface area contributed by atoms with Gasteiger partial charge in [0.15, 0.2) is 0 Å². The zero-order valence-electron chi connectivity index (χ0n) is 19.4. The average Bonchev–Trinajstić information content (AvgIpc) is 3.26. The molecule has 5 rings (SSSR count). The van der Waals surface area contributed by atoms with Gasteiger partial charge >= 0.3 is 5.97 Å². The molecule has 1 aliphatic heterocycles. The summed E-state index contributed by atoms with van der Waals surface area (Å²) >= 11 is 0. The van der Waals surface area contributed by atoms with Gasteiger partial charge in [-0.1, -0.05) is 30.3 Å². The Hall–Kier alpha value is -3.38. The minimum Gasteiger partial charge on any atom is -0.495 e. The van der Waals surface area contributed by atoms with E-state index in [1.165, 1.54) is 5.56 Å². The number of benzene rings is 2. The van der Waals surface area contributed by atoms with Crippen molar-refractivity contribution in [1.82, 2.24) is 9.88 Å². The number of carboxylic acids is 1. The molecule has 1 aliphatic rings. The van der Waals surface area contributed by atoms with Crippen LogP contribution in [0.2, 0.25) is 0 Å². The van der Waals surface area contributed by atoms with Crippen LogP contribution in [0.4, 0.5) is 0 Å². The summed E-state index contributed by atoms with van der Waals surface area (Å²) in [5.41, 5.74) is 3.07. The van der Waals surface area contributed by atoms with Gasteiger partial charge in [0.2, 0.25) is 0 Å². The first-order chi connectivity index (χ1) is 16.6. The van der Waals surface area contributed by atoms with Crippen LogP contribution in [0.3, 0.4) is 0 Å². The van der Waals surface area contributed by atoms with E-state index in [0.717, 1.165) is 65.6 Å². The molecule has 1 N–H and O–H groups in total. The van der Waals surface area contributed by atoms with Crippen molar-refractivity contribution in [3.05, 3.63) is 72.1 Å². The van der Waals surface area contributed by atoms with Gasteiger partial charge in [0.1, 0.15) is 17.1 Å². The Bertz CT molecular complexity index is 1270. The van der Waals surface area contributed by atoms with Gasteiger partial charge in [-0.25, -0.2) is 0 Å². The van der Waals surface area contributed by atoms with Crippen molar-refractivity contribution in [2.75, 3.05) is 20.2 Å². The molecule has 0 unspecified atom stereocenters. The van der Waals surface area contributed by atoms with Crippen LogP contribution in [0.25, 0.3) is 21.9 Å². The third-order valence-electron chi connectivity index (χ3n) is 7.06. The van der Waals surface area contributed by atoms with Gasteiger partial charge in [-0.05, 0) is 68.0 Å². The fraction of sp³-hybridized carbons (Fsp3) is 0.357. The maximum Gasteiger partial charge on any atom is 0.308 e. The predicted octanol–water partition coefficient (Wildman–Crippen LogP) is 5.54. The van der Waals surface area contributed by atoms with Crippen molar-refractivity contribution >= 4 is 27.8 Å². The molecule has 4 aromatic rings. The van der Waals surface area contributed by atoms with Crippen LogP contribution in [-0.2, 0) is 17.8 Å². The molecule has 176 valence electrons. The number of likely N-dealkylation sites (tertiary alicyclic amines) is 1. The average molecular weight is 459 g/mol. The lowest BCUT2D eigenvalue weighted by molar-refractivity contribution is -0.146. The Kier molecular flexibility index (Phi) is 6.50. The number of hydrogen-bond donors (Lipinski definition) is 1. The molecule has 0 spiro atoms. The Morgan fingerprint density at radius 2 is 2.09 bits per heavy atom. The lowest BCUT2D eigenvalue weighted by atomic mass is 9.81. The maximum atomic E-state index is 12.1. The number of ether oxygens (including phenoxy) is 1. The van der Waals surface area contributed by atoms with Crippen molar-refractivity contribution < 1.29 is 19.1 Å². The molecular weight excluding hydrogens is 428 g/mol. The zero-order valence-corrected chi connectivity index (χ0v) is 19.4. The van der Waals surface area contributed by atoms with E-state index in [1.807, 2.05) is 42.5 Å². The summed E-state index contributed by atoms with van der Waals surface area (Å²) in [6.07, 6.45) is 5.39. The Balaban J connectivity index is 1.21. The number of carbonyl (C=O) groups is 1. The number of aliphatic carboxylic acids is 1. The number of aromatic nitrogens is 1. The smallest absolute Gasteiger partial charge is 0.308 e. The number of aryl methyl sites for hydroxylation is 1. The highest BCUT2D eigenvalue weighted by atomic mass is 16.5. The second-order valence-electron chi connectivity index (χ2n) is 9.23. The van der Waals surface area contributed by atoms with Crippen LogP contribution in [-0.4, -0.2) is 41.2 Å². The topological polar surface area (TPSA) is 75.8 Å². The second-order valence-corrected chi connectivity index (χ2v) is 9.23. The van der Waals surface area contributed by atoms with Gasteiger partial charge < -0.3 is 14.3 Å². The van der Waals surface area contributed by atoms with Crippen LogP contribution in [0, 0.1) is 11.8 Å². The van der Waals surface area contributed by atoms with Gasteiger partial charge in [-0.3, -0.25) is 14.7 Å². The molecule has 0 bridgehead atoms. The molecule has 1 fully saturated rings. The van der Waals surface area contributed by atoms with E-state index in [1.54, 1.807) is 13.3 Å². The summed E-state index contributed by atoms with van der Waals surface area (Å²) in [7, 11) is 1.65. The Morgan fingerprint density at radius 3 is 2.91 bits per heavy atom. The minimum absolute atomic E-state index is 0.187. The third kappa shape index (κ3) is 4.77. The minimum atomic E-state index is -0.696. The molecule has 2 aromatic heterocycles. The van der Waals surface area contributed by atoms with Crippen molar-refractivity contribution in [2.24, 2.45) is 11.8 Å².